The Labute approximate surface area is 130 Å². The summed E-state index contributed by atoms with van der Waals surface area (Å²) in [5, 5.41) is 28.3. The molecule has 21 heavy (non-hydrogen) atoms. The van der Waals surface area contributed by atoms with E-state index in [0.717, 1.165) is 18.8 Å². The number of unbranched alkanes of at least 4 members (excludes halogenated alkanes) is 7. The lowest BCUT2D eigenvalue weighted by Gasteiger charge is -2.19. The van der Waals surface area contributed by atoms with E-state index in [1.165, 1.54) is 44.9 Å². The Balaban J connectivity index is 3.32. The summed E-state index contributed by atoms with van der Waals surface area (Å²) in [5.41, 5.74) is 3.62. The van der Waals surface area contributed by atoms with E-state index in [9.17, 15) is 10.2 Å². The Morgan fingerprint density at radius 1 is 0.762 bits per heavy atom. The first kappa shape index (κ1) is 20.8. The molecular weight excluding hydrogens is 266 g/mol. The molecule has 0 aliphatic carbocycles. The van der Waals surface area contributed by atoms with Crippen LogP contribution in [0.1, 0.15) is 78.1 Å². The molecule has 0 unspecified atom stereocenters. The third-order valence-electron chi connectivity index (χ3n) is 4.14. The summed E-state index contributed by atoms with van der Waals surface area (Å²) in [7, 11) is 0. The maximum atomic E-state index is 9.76. The van der Waals surface area contributed by atoms with Crippen LogP contribution in [-0.2, 0) is 0 Å². The maximum Gasteiger partial charge on any atom is 0.136 e. The molecule has 4 nitrogen and oxygen atoms in total. The van der Waals surface area contributed by atoms with Crippen molar-refractivity contribution in [1.29, 1.82) is 0 Å². The highest BCUT2D eigenvalue weighted by atomic mass is 16.3. The van der Waals surface area contributed by atoms with Gasteiger partial charge in [0.15, 0.2) is 0 Å². The van der Waals surface area contributed by atoms with Crippen LogP contribution in [-0.4, -0.2) is 40.2 Å². The van der Waals surface area contributed by atoms with E-state index in [0.29, 0.717) is 6.42 Å². The predicted molar refractivity (Wildman–Crippen MR) is 86.8 cm³/mol. The zero-order chi connectivity index (χ0) is 16.1. The standard InChI is InChI=1S/C17H37NO3/c1-14(2)11-9-7-5-3-4-6-8-10-12-16(20)17(21)15(18)13-19/h14-17,19-21H,3-13,18H2,1-2H3/p+1/t15-,16+,17-/m0/s1. The summed E-state index contributed by atoms with van der Waals surface area (Å²) < 4.78 is 0. The molecule has 0 heterocycles. The van der Waals surface area contributed by atoms with Crippen LogP contribution < -0.4 is 5.73 Å². The maximum absolute atomic E-state index is 9.76. The summed E-state index contributed by atoms with van der Waals surface area (Å²) in [6, 6.07) is -0.495. The highest BCUT2D eigenvalue weighted by molar-refractivity contribution is 4.73. The lowest BCUT2D eigenvalue weighted by Crippen LogP contribution is -2.70. The summed E-state index contributed by atoms with van der Waals surface area (Å²) in [6.07, 6.45) is 10.2. The second-order valence-corrected chi connectivity index (χ2v) is 6.80. The van der Waals surface area contributed by atoms with Crippen molar-refractivity contribution in [2.45, 2.75) is 96.3 Å². The van der Waals surface area contributed by atoms with Crippen LogP contribution in [0.15, 0.2) is 0 Å². The molecule has 0 aliphatic heterocycles. The van der Waals surface area contributed by atoms with E-state index < -0.39 is 18.2 Å². The fourth-order valence-electron chi connectivity index (χ4n) is 2.56. The van der Waals surface area contributed by atoms with Gasteiger partial charge < -0.3 is 21.1 Å². The smallest absolute Gasteiger partial charge is 0.136 e. The van der Waals surface area contributed by atoms with Gasteiger partial charge in [-0.05, 0) is 12.3 Å². The Morgan fingerprint density at radius 3 is 1.62 bits per heavy atom. The number of quaternary nitrogens is 1. The molecule has 0 aromatic carbocycles. The number of aliphatic hydroxyl groups excluding tert-OH is 3. The van der Waals surface area contributed by atoms with Gasteiger partial charge in [0.25, 0.3) is 0 Å². The molecule has 0 rings (SSSR count). The predicted octanol–water partition coefficient (Wildman–Crippen LogP) is 1.87. The minimum absolute atomic E-state index is 0.185. The molecular formula is C17H38NO3+. The van der Waals surface area contributed by atoms with Crippen molar-refractivity contribution >= 4 is 0 Å². The fourth-order valence-corrected chi connectivity index (χ4v) is 2.56. The number of hydrogen-bond donors (Lipinski definition) is 4. The van der Waals surface area contributed by atoms with Crippen molar-refractivity contribution in [1.82, 2.24) is 0 Å². The zero-order valence-electron chi connectivity index (χ0n) is 14.1. The molecule has 4 heteroatoms. The van der Waals surface area contributed by atoms with Crippen LogP contribution in [0, 0.1) is 5.92 Å². The summed E-state index contributed by atoms with van der Waals surface area (Å²) in [4.78, 5) is 0. The molecule has 0 radical (unpaired) electrons. The van der Waals surface area contributed by atoms with Gasteiger partial charge in [0.05, 0.1) is 12.7 Å². The molecule has 6 N–H and O–H groups in total. The van der Waals surface area contributed by atoms with E-state index >= 15 is 0 Å². The van der Waals surface area contributed by atoms with E-state index in [-0.39, 0.29) is 6.61 Å². The topological polar surface area (TPSA) is 88.3 Å². The van der Waals surface area contributed by atoms with Gasteiger partial charge in [0.2, 0.25) is 0 Å². The number of hydrogen-bond acceptors (Lipinski definition) is 3. The summed E-state index contributed by atoms with van der Waals surface area (Å²) in [6.45, 7) is 4.38. The van der Waals surface area contributed by atoms with E-state index in [1.54, 1.807) is 0 Å². The highest BCUT2D eigenvalue weighted by Gasteiger charge is 2.24. The van der Waals surface area contributed by atoms with Crippen molar-refractivity contribution in [2.75, 3.05) is 6.61 Å². The first-order valence-corrected chi connectivity index (χ1v) is 8.79. The number of rotatable bonds is 14. The molecule has 0 aromatic rings. The van der Waals surface area contributed by atoms with E-state index in [2.05, 4.69) is 19.6 Å². The van der Waals surface area contributed by atoms with Crippen molar-refractivity contribution < 1.29 is 21.1 Å². The van der Waals surface area contributed by atoms with Crippen LogP contribution in [0.4, 0.5) is 0 Å². The third-order valence-corrected chi connectivity index (χ3v) is 4.14. The van der Waals surface area contributed by atoms with Crippen molar-refractivity contribution in [3.05, 3.63) is 0 Å². The normalized spacial score (nSPS) is 16.1. The Hall–Kier alpha value is -0.160. The van der Waals surface area contributed by atoms with Gasteiger partial charge in [0.1, 0.15) is 12.1 Å². The SMILES string of the molecule is CC(C)CCCCCCCCCC[C@@H](O)[C@@H](O)[C@@H]([NH3+])CO. The minimum Gasteiger partial charge on any atom is -0.390 e. The van der Waals surface area contributed by atoms with E-state index in [4.69, 9.17) is 5.11 Å². The first-order valence-electron chi connectivity index (χ1n) is 8.79. The van der Waals surface area contributed by atoms with Gasteiger partial charge in [0, 0.05) is 0 Å². The molecule has 0 fully saturated rings. The van der Waals surface area contributed by atoms with Gasteiger partial charge >= 0.3 is 0 Å². The van der Waals surface area contributed by atoms with Gasteiger partial charge in [-0.15, -0.1) is 0 Å². The van der Waals surface area contributed by atoms with Crippen LogP contribution in [0.2, 0.25) is 0 Å². The van der Waals surface area contributed by atoms with Crippen molar-refractivity contribution in [3.63, 3.8) is 0 Å². The Morgan fingerprint density at radius 2 is 1.19 bits per heavy atom. The van der Waals surface area contributed by atoms with Crippen LogP contribution in [0.25, 0.3) is 0 Å². The molecule has 0 spiro atoms. The van der Waals surface area contributed by atoms with Crippen LogP contribution in [0.3, 0.4) is 0 Å². The monoisotopic (exact) mass is 304 g/mol. The second-order valence-electron chi connectivity index (χ2n) is 6.80. The Kier molecular flexibility index (Phi) is 13.4. The molecule has 0 aromatic heterocycles. The largest absolute Gasteiger partial charge is 0.390 e. The van der Waals surface area contributed by atoms with Crippen molar-refractivity contribution in [3.8, 4) is 0 Å². The third kappa shape index (κ3) is 12.1. The summed E-state index contributed by atoms with van der Waals surface area (Å²) >= 11 is 0. The lowest BCUT2D eigenvalue weighted by atomic mass is 9.99. The number of aliphatic hydroxyl groups is 3. The molecule has 0 saturated heterocycles. The minimum atomic E-state index is -0.907. The van der Waals surface area contributed by atoms with Crippen LogP contribution >= 0.6 is 0 Å². The molecule has 128 valence electrons. The highest BCUT2D eigenvalue weighted by Crippen LogP contribution is 2.14. The molecule has 3 atom stereocenters. The first-order chi connectivity index (χ1) is 9.99. The molecule has 0 saturated carbocycles. The van der Waals surface area contributed by atoms with Gasteiger partial charge in [-0.3, -0.25) is 0 Å². The average Bonchev–Trinajstić information content (AvgIpc) is 2.46. The average molecular weight is 304 g/mol. The fraction of sp³-hybridized carbons (Fsp3) is 1.00. The van der Waals surface area contributed by atoms with Gasteiger partial charge in [-0.1, -0.05) is 71.6 Å². The van der Waals surface area contributed by atoms with Gasteiger partial charge in [-0.2, -0.15) is 0 Å². The quantitative estimate of drug-likeness (QED) is 0.369. The van der Waals surface area contributed by atoms with Crippen LogP contribution in [0.5, 0.6) is 0 Å². The van der Waals surface area contributed by atoms with Gasteiger partial charge in [-0.25, -0.2) is 0 Å². The molecule has 0 aliphatic rings. The second kappa shape index (κ2) is 13.5. The van der Waals surface area contributed by atoms with Crippen molar-refractivity contribution in [2.24, 2.45) is 5.92 Å². The summed E-state index contributed by atoms with van der Waals surface area (Å²) in [5.74, 6) is 0.829. The Bertz CT molecular complexity index is 224. The lowest BCUT2D eigenvalue weighted by molar-refractivity contribution is -0.447. The zero-order valence-corrected chi connectivity index (χ0v) is 14.1. The molecule has 0 amide bonds. The molecule has 0 bridgehead atoms. The van der Waals surface area contributed by atoms with E-state index in [1.807, 2.05) is 0 Å².